The Morgan fingerprint density at radius 2 is 1.81 bits per heavy atom. The first kappa shape index (κ1) is 26.9. The fourth-order valence-corrected chi connectivity index (χ4v) is 4.69. The van der Waals surface area contributed by atoms with Crippen LogP contribution in [0.15, 0.2) is 30.6 Å². The van der Waals surface area contributed by atoms with Crippen LogP contribution in [0.1, 0.15) is 36.4 Å². The third kappa shape index (κ3) is 6.24. The molecule has 2 aliphatic heterocycles. The number of carbonyl (C=O) groups excluding carboxylic acids is 1. The first-order valence-electron chi connectivity index (χ1n) is 11.6. The van der Waals surface area contributed by atoms with Gasteiger partial charge in [0, 0.05) is 26.1 Å². The predicted molar refractivity (Wildman–Crippen MR) is 121 cm³/mol. The molecule has 4 N–H and O–H groups in total. The van der Waals surface area contributed by atoms with E-state index in [1.807, 2.05) is 0 Å². The Bertz CT molecular complexity index is 1120. The number of likely N-dealkylation sites (tertiary alicyclic amines) is 1. The Hall–Kier alpha value is -3.13. The van der Waals surface area contributed by atoms with Crippen molar-refractivity contribution < 1.29 is 36.2 Å². The number of amides is 1. The van der Waals surface area contributed by atoms with Crippen LogP contribution in [0.25, 0.3) is 0 Å². The molecule has 202 valence electrons. The van der Waals surface area contributed by atoms with Crippen LogP contribution < -0.4 is 16.0 Å². The van der Waals surface area contributed by atoms with Gasteiger partial charge in [0.2, 0.25) is 11.7 Å². The summed E-state index contributed by atoms with van der Waals surface area (Å²) in [6.45, 7) is -0.116. The lowest BCUT2D eigenvalue weighted by molar-refractivity contribution is -0.137. The maximum Gasteiger partial charge on any atom is 0.416 e. The van der Waals surface area contributed by atoms with Crippen LogP contribution in [0.5, 0.6) is 0 Å². The van der Waals surface area contributed by atoms with Gasteiger partial charge in [-0.15, -0.1) is 0 Å². The number of nitrogens with two attached hydrogens (primary N) is 1. The smallest absolute Gasteiger partial charge is 0.388 e. The predicted octanol–water partition coefficient (Wildman–Crippen LogP) is 2.95. The van der Waals surface area contributed by atoms with Crippen molar-refractivity contribution >= 4 is 17.5 Å². The van der Waals surface area contributed by atoms with Gasteiger partial charge in [0.1, 0.15) is 6.33 Å². The van der Waals surface area contributed by atoms with E-state index in [0.717, 1.165) is 35.5 Å². The first-order valence-corrected chi connectivity index (χ1v) is 11.6. The van der Waals surface area contributed by atoms with Crippen LogP contribution in [0.2, 0.25) is 0 Å². The van der Waals surface area contributed by atoms with Crippen molar-refractivity contribution in [1.82, 2.24) is 14.9 Å². The molecule has 2 aliphatic rings. The van der Waals surface area contributed by atoms with Gasteiger partial charge in [0.25, 0.3) is 5.92 Å². The number of piperidine rings is 1. The monoisotopic (exact) mass is 532 g/mol. The van der Waals surface area contributed by atoms with Gasteiger partial charge in [-0.2, -0.15) is 17.6 Å². The van der Waals surface area contributed by atoms with E-state index in [2.05, 4.69) is 15.3 Å². The van der Waals surface area contributed by atoms with Gasteiger partial charge in [-0.05, 0) is 30.5 Å². The summed E-state index contributed by atoms with van der Waals surface area (Å²) in [5, 5.41) is 13.6. The lowest BCUT2D eigenvalue weighted by atomic mass is 9.91. The molecule has 0 bridgehead atoms. The summed E-state index contributed by atoms with van der Waals surface area (Å²) in [6.07, 6.45) is -3.77. The third-order valence-electron chi connectivity index (χ3n) is 6.69. The molecule has 1 atom stereocenters. The Morgan fingerprint density at radius 3 is 2.41 bits per heavy atom. The fourth-order valence-electron chi connectivity index (χ4n) is 4.69. The topological polar surface area (TPSA) is 108 Å². The molecule has 4 rings (SSSR count). The van der Waals surface area contributed by atoms with Crippen LogP contribution in [0.4, 0.5) is 38.0 Å². The number of primary amides is 1. The molecule has 0 aliphatic carbocycles. The Kier molecular flexibility index (Phi) is 7.25. The molecule has 0 spiro atoms. The minimum absolute atomic E-state index is 0.0635. The van der Waals surface area contributed by atoms with E-state index >= 15 is 4.39 Å². The second-order valence-corrected chi connectivity index (χ2v) is 9.50. The van der Waals surface area contributed by atoms with E-state index in [-0.39, 0.29) is 37.3 Å². The Labute approximate surface area is 208 Å². The lowest BCUT2D eigenvalue weighted by Gasteiger charge is -2.37. The van der Waals surface area contributed by atoms with Crippen molar-refractivity contribution in [2.75, 3.05) is 42.9 Å². The van der Waals surface area contributed by atoms with E-state index in [9.17, 15) is 31.9 Å². The van der Waals surface area contributed by atoms with Gasteiger partial charge in [-0.3, -0.25) is 9.69 Å². The highest BCUT2D eigenvalue weighted by Crippen LogP contribution is 2.44. The SMILES string of the molecule is NC(=O)CN1CCC(O)(CNc2ncnc(N3CC(F)(F)C[C@@H]3c3ccc(C(F)(F)F)cc3)c2F)CC1. The summed E-state index contributed by atoms with van der Waals surface area (Å²) in [5.74, 6) is -5.47. The van der Waals surface area contributed by atoms with Crippen molar-refractivity contribution in [3.63, 3.8) is 0 Å². The minimum Gasteiger partial charge on any atom is -0.388 e. The molecule has 0 unspecified atom stereocenters. The molecule has 1 aromatic carbocycles. The largest absolute Gasteiger partial charge is 0.416 e. The van der Waals surface area contributed by atoms with Crippen LogP contribution in [-0.2, 0) is 11.0 Å². The number of hydrogen-bond acceptors (Lipinski definition) is 7. The normalized spacial score (nSPS) is 21.7. The maximum atomic E-state index is 15.4. The summed E-state index contributed by atoms with van der Waals surface area (Å²) < 4.78 is 83.0. The van der Waals surface area contributed by atoms with E-state index in [1.54, 1.807) is 4.90 Å². The Morgan fingerprint density at radius 1 is 1.16 bits per heavy atom. The molecular formula is C23H26F6N6O2. The number of carbonyl (C=O) groups is 1. The van der Waals surface area contributed by atoms with Crippen LogP contribution in [-0.4, -0.2) is 70.1 Å². The van der Waals surface area contributed by atoms with E-state index in [4.69, 9.17) is 5.73 Å². The summed E-state index contributed by atoms with van der Waals surface area (Å²) in [4.78, 5) is 21.6. The average molecular weight is 532 g/mol. The number of hydrogen-bond donors (Lipinski definition) is 3. The molecule has 8 nitrogen and oxygen atoms in total. The van der Waals surface area contributed by atoms with Gasteiger partial charge < -0.3 is 21.1 Å². The quantitative estimate of drug-likeness (QED) is 0.471. The van der Waals surface area contributed by atoms with E-state index in [0.29, 0.717) is 13.1 Å². The fraction of sp³-hybridized carbons (Fsp3) is 0.522. The van der Waals surface area contributed by atoms with Crippen LogP contribution in [0.3, 0.4) is 0 Å². The third-order valence-corrected chi connectivity index (χ3v) is 6.69. The van der Waals surface area contributed by atoms with Gasteiger partial charge >= 0.3 is 6.18 Å². The molecule has 1 amide bonds. The summed E-state index contributed by atoms with van der Waals surface area (Å²) in [6, 6.07) is 2.67. The average Bonchev–Trinajstić information content (AvgIpc) is 3.14. The summed E-state index contributed by atoms with van der Waals surface area (Å²) in [7, 11) is 0. The second kappa shape index (κ2) is 9.97. The zero-order valence-electron chi connectivity index (χ0n) is 19.6. The van der Waals surface area contributed by atoms with Crippen molar-refractivity contribution in [2.45, 2.75) is 43.0 Å². The summed E-state index contributed by atoms with van der Waals surface area (Å²) in [5.41, 5.74) is 3.20. The maximum absolute atomic E-state index is 15.4. The number of nitrogens with one attached hydrogen (secondary N) is 1. The molecule has 2 fully saturated rings. The number of nitrogens with zero attached hydrogens (tertiary/aromatic N) is 4. The molecule has 2 saturated heterocycles. The summed E-state index contributed by atoms with van der Waals surface area (Å²) >= 11 is 0. The zero-order chi connectivity index (χ0) is 27.0. The number of alkyl halides is 5. The highest BCUT2D eigenvalue weighted by Gasteiger charge is 2.47. The number of anilines is 2. The number of benzene rings is 1. The van der Waals surface area contributed by atoms with Crippen LogP contribution >= 0.6 is 0 Å². The molecule has 37 heavy (non-hydrogen) atoms. The van der Waals surface area contributed by atoms with Crippen molar-refractivity contribution in [1.29, 1.82) is 0 Å². The van der Waals surface area contributed by atoms with Crippen molar-refractivity contribution in [3.8, 4) is 0 Å². The zero-order valence-corrected chi connectivity index (χ0v) is 19.6. The highest BCUT2D eigenvalue weighted by molar-refractivity contribution is 5.75. The number of aliphatic hydroxyl groups is 1. The minimum atomic E-state index is -4.58. The number of halogens is 6. The molecule has 0 radical (unpaired) electrons. The molecule has 3 heterocycles. The van der Waals surface area contributed by atoms with Crippen molar-refractivity contribution in [2.24, 2.45) is 5.73 Å². The second-order valence-electron chi connectivity index (χ2n) is 9.50. The van der Waals surface area contributed by atoms with Gasteiger partial charge in [0.05, 0.1) is 30.3 Å². The van der Waals surface area contributed by atoms with E-state index in [1.165, 1.54) is 0 Å². The van der Waals surface area contributed by atoms with E-state index < -0.39 is 59.8 Å². The molecular weight excluding hydrogens is 506 g/mol. The van der Waals surface area contributed by atoms with Crippen molar-refractivity contribution in [3.05, 3.63) is 47.5 Å². The van der Waals surface area contributed by atoms with Gasteiger partial charge in [-0.25, -0.2) is 18.7 Å². The highest BCUT2D eigenvalue weighted by atomic mass is 19.4. The first-order chi connectivity index (χ1) is 17.3. The standard InChI is InChI=1S/C23H26F6N6O2/c24-18-19(31-11-21(37)5-7-34(8-6-21)10-17(30)36)32-13-33-20(18)35-12-22(25,26)9-16(35)14-1-3-15(4-2-14)23(27,28)29/h1-4,13,16,37H,5-12H2,(H2,30,36)(H,31,32,33)/t16-/m1/s1. The van der Waals surface area contributed by atoms with Gasteiger partial charge in [0.15, 0.2) is 11.6 Å². The Balaban J connectivity index is 1.50. The van der Waals surface area contributed by atoms with Gasteiger partial charge in [-0.1, -0.05) is 12.1 Å². The molecule has 1 aromatic heterocycles. The number of rotatable bonds is 7. The molecule has 0 saturated carbocycles. The molecule has 14 heteroatoms. The molecule has 2 aromatic rings. The lowest BCUT2D eigenvalue weighted by Crippen LogP contribution is -2.50. The number of aromatic nitrogens is 2. The van der Waals surface area contributed by atoms with Crippen LogP contribution in [0, 0.1) is 5.82 Å².